The molecule has 0 unspecified atom stereocenters. The lowest BCUT2D eigenvalue weighted by Crippen LogP contribution is -2.56. The number of hydrogen-bond donors (Lipinski definition) is 6. The Labute approximate surface area is 433 Å². The molecule has 2 rings (SSSR count). The highest BCUT2D eigenvalue weighted by Crippen LogP contribution is 2.18. The number of hydrogen-bond acceptors (Lipinski definition) is 12. The minimum absolute atomic E-state index is 0.0943. The van der Waals surface area contributed by atoms with E-state index in [1.165, 1.54) is 0 Å². The Bertz CT molecular complexity index is 2260. The summed E-state index contributed by atoms with van der Waals surface area (Å²) in [6.07, 6.45) is 2.19. The first-order chi connectivity index (χ1) is 34.3. The number of sulfone groups is 1. The van der Waals surface area contributed by atoms with Crippen molar-refractivity contribution in [3.05, 3.63) is 106 Å². The van der Waals surface area contributed by atoms with Crippen LogP contribution >= 0.6 is 0 Å². The van der Waals surface area contributed by atoms with Crippen LogP contribution in [0.15, 0.2) is 94.8 Å². The summed E-state index contributed by atoms with van der Waals surface area (Å²) in [6, 6.07) is 11.6. The van der Waals surface area contributed by atoms with Crippen molar-refractivity contribution in [2.75, 3.05) is 0 Å². The Kier molecular flexibility index (Phi) is 27.2. The van der Waals surface area contributed by atoms with Crippen LogP contribution in [0.25, 0.3) is 0 Å². The molecule has 6 N–H and O–H groups in total. The van der Waals surface area contributed by atoms with E-state index >= 15 is 0 Å². The third kappa shape index (κ3) is 23.1. The Morgan fingerprint density at radius 1 is 0.452 bits per heavy atom. The SMILES string of the molecule is CC(C)C[C@H](NC(=O)[C@H](CC(C)C)NC(=O)[C@@H](NCc1ccccc1)C(=C=O)C(C)C)C(=O)C=CS(=O)(=O)C=CC(=O)[C@H](CC(C)C)NC(=O)[C@H](CC(C)C)NC(=O)[C@@H](NCc1ccccc1)C(=C=O)C(C)C. The fourth-order valence-electron chi connectivity index (χ4n) is 7.84. The maximum absolute atomic E-state index is 14.0. The van der Waals surface area contributed by atoms with Crippen LogP contribution in [0, 0.1) is 35.5 Å². The molecule has 400 valence electrons. The molecule has 0 radical (unpaired) electrons. The van der Waals surface area contributed by atoms with Gasteiger partial charge >= 0.3 is 0 Å². The van der Waals surface area contributed by atoms with Gasteiger partial charge in [-0.05, 0) is 84.5 Å². The summed E-state index contributed by atoms with van der Waals surface area (Å²) in [5, 5.41) is 18.5. The normalized spacial score (nSPS) is 14.4. The first-order valence-electron chi connectivity index (χ1n) is 25.2. The van der Waals surface area contributed by atoms with Gasteiger partial charge in [0, 0.05) is 35.1 Å². The van der Waals surface area contributed by atoms with E-state index in [0.29, 0.717) is 10.8 Å². The van der Waals surface area contributed by atoms with Gasteiger partial charge in [0.05, 0.1) is 12.1 Å². The van der Waals surface area contributed by atoms with Gasteiger partial charge in [-0.1, -0.05) is 144 Å². The minimum atomic E-state index is -4.38. The summed E-state index contributed by atoms with van der Waals surface area (Å²) in [6.45, 7) is 22.2. The van der Waals surface area contributed by atoms with Gasteiger partial charge in [-0.25, -0.2) is 18.0 Å². The average Bonchev–Trinajstić information content (AvgIpc) is 3.31. The quantitative estimate of drug-likeness (QED) is 0.0375. The fraction of sp³-hybridized carbons (Fsp3) is 0.536. The maximum atomic E-state index is 14.0. The fourth-order valence-corrected chi connectivity index (χ4v) is 8.58. The van der Waals surface area contributed by atoms with Crippen molar-refractivity contribution in [3.63, 3.8) is 0 Å². The molecule has 0 aliphatic heterocycles. The molecule has 0 saturated heterocycles. The Hall–Kier alpha value is -6.09. The van der Waals surface area contributed by atoms with Crippen molar-refractivity contribution < 1.29 is 46.8 Å². The van der Waals surface area contributed by atoms with Crippen molar-refractivity contribution >= 4 is 56.9 Å². The highest BCUT2D eigenvalue weighted by molar-refractivity contribution is 7.97. The number of nitrogens with one attached hydrogen (secondary N) is 6. The van der Waals surface area contributed by atoms with Crippen LogP contribution in [0.5, 0.6) is 0 Å². The summed E-state index contributed by atoms with van der Waals surface area (Å²) < 4.78 is 26.7. The van der Waals surface area contributed by atoms with E-state index in [0.717, 1.165) is 23.3 Å². The second-order valence-electron chi connectivity index (χ2n) is 20.8. The summed E-state index contributed by atoms with van der Waals surface area (Å²) in [4.78, 5) is 107. The molecule has 2 aromatic carbocycles. The molecule has 0 aliphatic rings. The topological polar surface area (TPSA) is 243 Å². The standard InChI is InChI=1S/C56H80N6O10S/c1-35(2)27-45(59-53(67)47(29-37(5)6)61-55(69)51(43(33-63)39(9)10)57-31-41-19-15-13-16-20-41)49(65)23-25-73(71,72)26-24-50(66)46(28-36(3)4)60-54(68)48(30-38(7)8)62-56(70)52(44(34-64)40(11)12)58-32-42-21-17-14-18-22-42/h13-26,35-40,45-48,51-52,57-58H,27-32H2,1-12H3,(H,59,67)(H,60,68)(H,61,69)(H,62,70)/t45-,46-,47-,48-,51-,52-/m0/s1. The van der Waals surface area contributed by atoms with E-state index < -0.39 is 81.3 Å². The summed E-state index contributed by atoms with van der Waals surface area (Å²) >= 11 is 0. The molecule has 0 aliphatic carbocycles. The first kappa shape index (κ1) is 63.0. The van der Waals surface area contributed by atoms with Gasteiger partial charge in [-0.2, -0.15) is 0 Å². The number of benzene rings is 2. The first-order valence-corrected chi connectivity index (χ1v) is 26.8. The Morgan fingerprint density at radius 3 is 1.01 bits per heavy atom. The van der Waals surface area contributed by atoms with Gasteiger partial charge in [0.25, 0.3) is 0 Å². The Morgan fingerprint density at radius 2 is 0.740 bits per heavy atom. The van der Waals surface area contributed by atoms with Crippen molar-refractivity contribution in [1.29, 1.82) is 0 Å². The van der Waals surface area contributed by atoms with Crippen LogP contribution in [0.1, 0.15) is 120 Å². The number of rotatable bonds is 32. The van der Waals surface area contributed by atoms with Crippen molar-refractivity contribution in [3.8, 4) is 0 Å². The molecule has 0 heterocycles. The highest BCUT2D eigenvalue weighted by Gasteiger charge is 2.34. The van der Waals surface area contributed by atoms with Crippen LogP contribution in [0.3, 0.4) is 0 Å². The molecule has 2 aromatic rings. The van der Waals surface area contributed by atoms with E-state index in [-0.39, 0.29) is 85.4 Å². The van der Waals surface area contributed by atoms with E-state index in [2.05, 4.69) is 31.9 Å². The monoisotopic (exact) mass is 1030 g/mol. The largest absolute Gasteiger partial charge is 0.344 e. The molecule has 0 aromatic heterocycles. The smallest absolute Gasteiger partial charge is 0.243 e. The second-order valence-corrected chi connectivity index (χ2v) is 22.5. The molecule has 0 spiro atoms. The Balaban J connectivity index is 2.32. The number of amides is 4. The van der Waals surface area contributed by atoms with Crippen LogP contribution in [-0.4, -0.2) is 91.7 Å². The predicted octanol–water partition coefficient (Wildman–Crippen LogP) is 5.84. The summed E-state index contributed by atoms with van der Waals surface area (Å²) in [5.41, 5.74) is 2.05. The molecular weight excluding hydrogens is 949 g/mol. The third-order valence-electron chi connectivity index (χ3n) is 11.6. The molecule has 17 heteroatoms. The van der Waals surface area contributed by atoms with Crippen LogP contribution < -0.4 is 31.9 Å². The molecule has 73 heavy (non-hydrogen) atoms. The molecular formula is C56H80N6O10S. The molecule has 6 atom stereocenters. The minimum Gasteiger partial charge on any atom is -0.344 e. The summed E-state index contributed by atoms with van der Waals surface area (Å²) in [5.74, 6) is -1.51. The van der Waals surface area contributed by atoms with Gasteiger partial charge < -0.3 is 21.3 Å². The zero-order valence-electron chi connectivity index (χ0n) is 44.7. The van der Waals surface area contributed by atoms with E-state index in [4.69, 9.17) is 0 Å². The third-order valence-corrected chi connectivity index (χ3v) is 12.6. The van der Waals surface area contributed by atoms with Crippen molar-refractivity contribution in [1.82, 2.24) is 31.9 Å². The lowest BCUT2D eigenvalue weighted by Gasteiger charge is -2.27. The number of ketones is 2. The molecule has 0 bridgehead atoms. The zero-order valence-corrected chi connectivity index (χ0v) is 45.6. The highest BCUT2D eigenvalue weighted by atomic mass is 32.2. The average molecular weight is 1030 g/mol. The van der Waals surface area contributed by atoms with Gasteiger partial charge in [0.15, 0.2) is 21.4 Å². The molecule has 0 saturated carbocycles. The van der Waals surface area contributed by atoms with Gasteiger partial charge in [-0.3, -0.25) is 39.4 Å². The van der Waals surface area contributed by atoms with Gasteiger partial charge in [0.2, 0.25) is 23.6 Å². The second kappa shape index (κ2) is 31.5. The van der Waals surface area contributed by atoms with Crippen molar-refractivity contribution in [2.24, 2.45) is 35.5 Å². The maximum Gasteiger partial charge on any atom is 0.243 e. The van der Waals surface area contributed by atoms with Crippen LogP contribution in [0.4, 0.5) is 0 Å². The molecule has 0 fully saturated rings. The van der Waals surface area contributed by atoms with Crippen molar-refractivity contribution in [2.45, 2.75) is 158 Å². The van der Waals surface area contributed by atoms with E-state index in [1.807, 2.05) is 128 Å². The van der Waals surface area contributed by atoms with Gasteiger partial charge in [-0.15, -0.1) is 0 Å². The number of carbonyl (C=O) groups is 6. The van der Waals surface area contributed by atoms with Crippen LogP contribution in [-0.2, 0) is 61.3 Å². The van der Waals surface area contributed by atoms with E-state index in [9.17, 15) is 46.8 Å². The number of carbonyl (C=O) groups excluding carboxylic acids is 8. The lowest BCUT2D eigenvalue weighted by molar-refractivity contribution is -0.131. The van der Waals surface area contributed by atoms with Gasteiger partial charge in [0.1, 0.15) is 36.1 Å². The lowest BCUT2D eigenvalue weighted by atomic mass is 9.95. The van der Waals surface area contributed by atoms with E-state index in [1.54, 1.807) is 27.7 Å². The molecule has 16 nitrogen and oxygen atoms in total. The van der Waals surface area contributed by atoms with Crippen LogP contribution in [0.2, 0.25) is 0 Å². The summed E-state index contributed by atoms with van der Waals surface area (Å²) in [7, 11) is -4.38. The zero-order chi connectivity index (χ0) is 55.0. The molecule has 4 amide bonds. The predicted molar refractivity (Wildman–Crippen MR) is 285 cm³/mol.